The summed E-state index contributed by atoms with van der Waals surface area (Å²) in [5.41, 5.74) is 3.04. The number of nitrogens with zero attached hydrogens (tertiary/aromatic N) is 2. The zero-order valence-electron chi connectivity index (χ0n) is 12.4. The number of aliphatic hydroxyl groups excluding tert-OH is 1. The van der Waals surface area contributed by atoms with E-state index in [4.69, 9.17) is 5.11 Å². The third kappa shape index (κ3) is 3.88. The van der Waals surface area contributed by atoms with Crippen LogP contribution in [0, 0.1) is 13.8 Å². The van der Waals surface area contributed by atoms with Crippen molar-refractivity contribution in [3.05, 3.63) is 34.9 Å². The van der Waals surface area contributed by atoms with Crippen molar-refractivity contribution < 1.29 is 9.90 Å². The van der Waals surface area contributed by atoms with Crippen LogP contribution in [0.3, 0.4) is 0 Å². The van der Waals surface area contributed by atoms with Crippen molar-refractivity contribution in [2.45, 2.75) is 13.8 Å². The summed E-state index contributed by atoms with van der Waals surface area (Å²) in [4.78, 5) is 16.8. The van der Waals surface area contributed by atoms with Gasteiger partial charge in [-0.15, -0.1) is 0 Å². The highest BCUT2D eigenvalue weighted by Crippen LogP contribution is 2.12. The van der Waals surface area contributed by atoms with E-state index >= 15 is 0 Å². The Kier molecular flexibility index (Phi) is 5.29. The fraction of sp³-hybridized carbons (Fsp3) is 0.562. The molecule has 4 heteroatoms. The molecule has 0 aromatic heterocycles. The van der Waals surface area contributed by atoms with E-state index in [0.29, 0.717) is 6.54 Å². The molecule has 1 aromatic rings. The number of aliphatic hydroxyl groups is 1. The van der Waals surface area contributed by atoms with Gasteiger partial charge in [-0.3, -0.25) is 14.6 Å². The number of rotatable bonds is 5. The molecule has 1 aliphatic rings. The number of piperazine rings is 1. The Balaban J connectivity index is 1.91. The molecule has 0 radical (unpaired) electrons. The van der Waals surface area contributed by atoms with Crippen LogP contribution in [0.1, 0.15) is 21.5 Å². The molecule has 2 rings (SSSR count). The maximum absolute atomic E-state index is 12.4. The molecular weight excluding hydrogens is 252 g/mol. The molecule has 1 saturated heterocycles. The van der Waals surface area contributed by atoms with E-state index in [-0.39, 0.29) is 12.4 Å². The number of aryl methyl sites for hydroxylation is 2. The van der Waals surface area contributed by atoms with Gasteiger partial charge >= 0.3 is 0 Å². The Morgan fingerprint density at radius 1 is 1.15 bits per heavy atom. The van der Waals surface area contributed by atoms with E-state index in [1.165, 1.54) is 0 Å². The Bertz CT molecular complexity index is 466. The van der Waals surface area contributed by atoms with Gasteiger partial charge in [-0.25, -0.2) is 0 Å². The van der Waals surface area contributed by atoms with E-state index < -0.39 is 0 Å². The smallest absolute Gasteiger partial charge is 0.177 e. The molecule has 0 unspecified atom stereocenters. The highest BCUT2D eigenvalue weighted by atomic mass is 16.3. The van der Waals surface area contributed by atoms with Gasteiger partial charge in [0.2, 0.25) is 0 Å². The van der Waals surface area contributed by atoms with E-state index in [1.54, 1.807) is 0 Å². The molecule has 1 aliphatic heterocycles. The first kappa shape index (κ1) is 15.2. The molecular formula is C16H24N2O2. The summed E-state index contributed by atoms with van der Waals surface area (Å²) in [5.74, 6) is 0.210. The normalized spacial score (nSPS) is 17.4. The Morgan fingerprint density at radius 3 is 2.45 bits per heavy atom. The molecule has 20 heavy (non-hydrogen) atoms. The van der Waals surface area contributed by atoms with Crippen LogP contribution < -0.4 is 0 Å². The number of Topliss-reactive ketones (excluding diaryl/α,β-unsaturated/α-hetero) is 1. The van der Waals surface area contributed by atoms with Crippen molar-refractivity contribution in [3.63, 3.8) is 0 Å². The molecule has 0 saturated carbocycles. The minimum atomic E-state index is 0.210. The summed E-state index contributed by atoms with van der Waals surface area (Å²) in [6, 6.07) is 6.04. The Labute approximate surface area is 121 Å². The largest absolute Gasteiger partial charge is 0.395 e. The quantitative estimate of drug-likeness (QED) is 0.818. The minimum absolute atomic E-state index is 0.210. The fourth-order valence-electron chi connectivity index (χ4n) is 2.64. The number of hydrogen-bond acceptors (Lipinski definition) is 4. The number of β-amino-alcohol motifs (C(OH)–C–C–N with tert-alkyl or cyclic N) is 1. The van der Waals surface area contributed by atoms with Crippen molar-refractivity contribution in [1.82, 2.24) is 9.80 Å². The monoisotopic (exact) mass is 276 g/mol. The van der Waals surface area contributed by atoms with Crippen LogP contribution in [0.15, 0.2) is 18.2 Å². The highest BCUT2D eigenvalue weighted by molar-refractivity contribution is 5.99. The number of carbonyl (C=O) groups is 1. The van der Waals surface area contributed by atoms with Gasteiger partial charge in [0.25, 0.3) is 0 Å². The van der Waals surface area contributed by atoms with Crippen LogP contribution in [-0.4, -0.2) is 66.6 Å². The molecule has 1 N–H and O–H groups in total. The lowest BCUT2D eigenvalue weighted by Gasteiger charge is -2.33. The van der Waals surface area contributed by atoms with Crippen molar-refractivity contribution in [2.75, 3.05) is 45.9 Å². The zero-order valence-corrected chi connectivity index (χ0v) is 12.4. The number of carbonyl (C=O) groups excluding carboxylic acids is 1. The molecule has 1 aromatic carbocycles. The SMILES string of the molecule is Cc1ccc(C)c(C(=O)CN2CCN(CCO)CC2)c1. The maximum Gasteiger partial charge on any atom is 0.177 e. The van der Waals surface area contributed by atoms with Gasteiger partial charge in [-0.2, -0.15) is 0 Å². The van der Waals surface area contributed by atoms with Crippen LogP contribution >= 0.6 is 0 Å². The zero-order chi connectivity index (χ0) is 14.5. The van der Waals surface area contributed by atoms with Gasteiger partial charge in [-0.1, -0.05) is 17.7 Å². The molecule has 0 spiro atoms. The first-order valence-electron chi connectivity index (χ1n) is 7.26. The maximum atomic E-state index is 12.4. The van der Waals surface area contributed by atoms with Crippen LogP contribution in [0.25, 0.3) is 0 Å². The van der Waals surface area contributed by atoms with Crippen LogP contribution in [-0.2, 0) is 0 Å². The minimum Gasteiger partial charge on any atom is -0.395 e. The third-order valence-electron chi connectivity index (χ3n) is 3.94. The van der Waals surface area contributed by atoms with Gasteiger partial charge in [0.1, 0.15) is 0 Å². The van der Waals surface area contributed by atoms with E-state index in [0.717, 1.165) is 49.4 Å². The molecule has 0 atom stereocenters. The highest BCUT2D eigenvalue weighted by Gasteiger charge is 2.19. The second-order valence-corrected chi connectivity index (χ2v) is 5.58. The van der Waals surface area contributed by atoms with E-state index in [2.05, 4.69) is 9.80 Å². The number of benzene rings is 1. The molecule has 4 nitrogen and oxygen atoms in total. The molecule has 110 valence electrons. The van der Waals surface area contributed by atoms with Gasteiger partial charge < -0.3 is 5.11 Å². The first-order valence-corrected chi connectivity index (χ1v) is 7.26. The lowest BCUT2D eigenvalue weighted by molar-refractivity contribution is 0.0822. The lowest BCUT2D eigenvalue weighted by Crippen LogP contribution is -2.48. The fourth-order valence-corrected chi connectivity index (χ4v) is 2.64. The predicted molar refractivity (Wildman–Crippen MR) is 80.2 cm³/mol. The number of ketones is 1. The number of hydrogen-bond donors (Lipinski definition) is 1. The summed E-state index contributed by atoms with van der Waals surface area (Å²) in [7, 11) is 0. The topological polar surface area (TPSA) is 43.8 Å². The summed E-state index contributed by atoms with van der Waals surface area (Å²) in [6.07, 6.45) is 0. The van der Waals surface area contributed by atoms with Gasteiger partial charge in [0.05, 0.1) is 13.2 Å². The van der Waals surface area contributed by atoms with Crippen LogP contribution in [0.5, 0.6) is 0 Å². The Morgan fingerprint density at radius 2 is 1.80 bits per heavy atom. The van der Waals surface area contributed by atoms with Crippen molar-refractivity contribution >= 4 is 5.78 Å². The summed E-state index contributed by atoms with van der Waals surface area (Å²) >= 11 is 0. The molecule has 0 amide bonds. The van der Waals surface area contributed by atoms with Crippen molar-refractivity contribution in [1.29, 1.82) is 0 Å². The predicted octanol–water partition coefficient (Wildman–Crippen LogP) is 1.10. The van der Waals surface area contributed by atoms with Crippen molar-refractivity contribution in [3.8, 4) is 0 Å². The van der Waals surface area contributed by atoms with Crippen LogP contribution in [0.4, 0.5) is 0 Å². The lowest BCUT2D eigenvalue weighted by atomic mass is 10.0. The molecule has 0 aliphatic carbocycles. The second kappa shape index (κ2) is 6.97. The van der Waals surface area contributed by atoms with Gasteiger partial charge in [-0.05, 0) is 25.5 Å². The van der Waals surface area contributed by atoms with Gasteiger partial charge in [0.15, 0.2) is 5.78 Å². The Hall–Kier alpha value is -1.23. The average Bonchev–Trinajstić information content (AvgIpc) is 2.44. The second-order valence-electron chi connectivity index (χ2n) is 5.58. The van der Waals surface area contributed by atoms with E-state index in [9.17, 15) is 4.79 Å². The molecule has 0 bridgehead atoms. The third-order valence-corrected chi connectivity index (χ3v) is 3.94. The van der Waals surface area contributed by atoms with Crippen LogP contribution in [0.2, 0.25) is 0 Å². The summed E-state index contributed by atoms with van der Waals surface area (Å²) < 4.78 is 0. The van der Waals surface area contributed by atoms with Crippen molar-refractivity contribution in [2.24, 2.45) is 0 Å². The standard InChI is InChI=1S/C16H24N2O2/c1-13-3-4-14(2)15(11-13)16(20)12-18-7-5-17(6-8-18)9-10-19/h3-4,11,19H,5-10,12H2,1-2H3. The van der Waals surface area contributed by atoms with E-state index in [1.807, 2.05) is 32.0 Å². The molecule has 1 fully saturated rings. The first-order chi connectivity index (χ1) is 9.60. The van der Waals surface area contributed by atoms with Gasteiger partial charge in [0, 0.05) is 38.3 Å². The molecule has 1 heterocycles. The summed E-state index contributed by atoms with van der Waals surface area (Å²) in [5, 5.41) is 8.93. The average molecular weight is 276 g/mol. The summed E-state index contributed by atoms with van der Waals surface area (Å²) in [6.45, 7) is 9.11.